The summed E-state index contributed by atoms with van der Waals surface area (Å²) in [5, 5.41) is 3.87. The summed E-state index contributed by atoms with van der Waals surface area (Å²) in [6, 6.07) is 7.80. The first kappa shape index (κ1) is 11.9. The van der Waals surface area contributed by atoms with Crippen LogP contribution in [-0.4, -0.2) is 32.9 Å². The second-order valence-electron chi connectivity index (χ2n) is 3.90. The second-order valence-corrected chi connectivity index (χ2v) is 4.33. The molecule has 0 radical (unpaired) electrons. The van der Waals surface area contributed by atoms with Crippen molar-refractivity contribution < 1.29 is 9.47 Å². The summed E-state index contributed by atoms with van der Waals surface area (Å²) in [5.74, 6) is 0. The third-order valence-electron chi connectivity index (χ3n) is 2.57. The molecule has 1 aromatic rings. The Labute approximate surface area is 101 Å². The van der Waals surface area contributed by atoms with E-state index in [9.17, 15) is 0 Å². The van der Waals surface area contributed by atoms with Gasteiger partial charge in [0.15, 0.2) is 0 Å². The number of ether oxygens (including phenoxy) is 2. The Morgan fingerprint density at radius 3 is 2.94 bits per heavy atom. The van der Waals surface area contributed by atoms with Gasteiger partial charge in [-0.25, -0.2) is 0 Å². The van der Waals surface area contributed by atoms with Gasteiger partial charge < -0.3 is 14.8 Å². The van der Waals surface area contributed by atoms with Crippen LogP contribution < -0.4 is 5.32 Å². The first-order chi connectivity index (χ1) is 7.79. The first-order valence-corrected chi connectivity index (χ1v) is 5.80. The van der Waals surface area contributed by atoms with Crippen molar-refractivity contribution in [2.45, 2.75) is 12.2 Å². The highest BCUT2D eigenvalue weighted by Crippen LogP contribution is 2.23. The lowest BCUT2D eigenvalue weighted by atomic mass is 10.1. The van der Waals surface area contributed by atoms with Crippen molar-refractivity contribution in [2.24, 2.45) is 0 Å². The van der Waals surface area contributed by atoms with E-state index >= 15 is 0 Å². The molecule has 1 N–H and O–H groups in total. The van der Waals surface area contributed by atoms with Gasteiger partial charge in [0, 0.05) is 11.6 Å². The van der Waals surface area contributed by atoms with Crippen LogP contribution in [0.4, 0.5) is 0 Å². The van der Waals surface area contributed by atoms with Crippen LogP contribution in [0.5, 0.6) is 0 Å². The van der Waals surface area contributed by atoms with Gasteiger partial charge >= 0.3 is 0 Å². The van der Waals surface area contributed by atoms with Gasteiger partial charge in [-0.15, -0.1) is 0 Å². The summed E-state index contributed by atoms with van der Waals surface area (Å²) < 4.78 is 11.0. The van der Waals surface area contributed by atoms with E-state index in [0.29, 0.717) is 13.2 Å². The second kappa shape index (κ2) is 5.64. The first-order valence-electron chi connectivity index (χ1n) is 5.43. The van der Waals surface area contributed by atoms with Gasteiger partial charge in [0.05, 0.1) is 19.3 Å². The van der Waals surface area contributed by atoms with Crippen molar-refractivity contribution in [1.82, 2.24) is 5.32 Å². The molecule has 0 aliphatic carbocycles. The number of rotatable bonds is 5. The molecule has 0 amide bonds. The minimum Gasteiger partial charge on any atom is -0.376 e. The quantitative estimate of drug-likeness (QED) is 0.856. The molecule has 1 atom stereocenters. The van der Waals surface area contributed by atoms with Crippen LogP contribution in [0.15, 0.2) is 24.3 Å². The van der Waals surface area contributed by atoms with Crippen LogP contribution in [0.3, 0.4) is 0 Å². The summed E-state index contributed by atoms with van der Waals surface area (Å²) in [7, 11) is 1.91. The largest absolute Gasteiger partial charge is 0.376 e. The third-order valence-corrected chi connectivity index (χ3v) is 2.81. The molecule has 1 fully saturated rings. The topological polar surface area (TPSA) is 30.5 Å². The van der Waals surface area contributed by atoms with Crippen molar-refractivity contribution in [3.05, 3.63) is 34.9 Å². The standard InChI is InChI=1S/C12H16ClNO2/c1-14-6-12(16-11-7-15-8-11)9-3-2-4-10(13)5-9/h2-5,11-12,14H,6-8H2,1H3. The summed E-state index contributed by atoms with van der Waals surface area (Å²) >= 11 is 5.97. The van der Waals surface area contributed by atoms with E-state index in [1.165, 1.54) is 0 Å². The van der Waals surface area contributed by atoms with E-state index in [-0.39, 0.29) is 12.2 Å². The van der Waals surface area contributed by atoms with E-state index in [0.717, 1.165) is 17.1 Å². The molecule has 1 aliphatic heterocycles. The molecule has 1 heterocycles. The molecule has 1 aliphatic rings. The number of likely N-dealkylation sites (N-methyl/N-ethyl adjacent to an activating group) is 1. The van der Waals surface area contributed by atoms with Crippen LogP contribution in [0.1, 0.15) is 11.7 Å². The number of hydrogen-bond acceptors (Lipinski definition) is 3. The molecule has 3 nitrogen and oxygen atoms in total. The normalized spacial score (nSPS) is 18.1. The van der Waals surface area contributed by atoms with E-state index < -0.39 is 0 Å². The van der Waals surface area contributed by atoms with Crippen molar-refractivity contribution >= 4 is 11.6 Å². The molecule has 0 spiro atoms. The lowest BCUT2D eigenvalue weighted by Crippen LogP contribution is -2.38. The predicted molar refractivity (Wildman–Crippen MR) is 63.8 cm³/mol. The van der Waals surface area contributed by atoms with Crippen molar-refractivity contribution in [3.8, 4) is 0 Å². The van der Waals surface area contributed by atoms with Gasteiger partial charge in [-0.2, -0.15) is 0 Å². The van der Waals surface area contributed by atoms with E-state index in [4.69, 9.17) is 21.1 Å². The smallest absolute Gasteiger partial charge is 0.105 e. The van der Waals surface area contributed by atoms with Crippen LogP contribution in [0.25, 0.3) is 0 Å². The summed E-state index contributed by atoms with van der Waals surface area (Å²) in [5.41, 5.74) is 1.11. The summed E-state index contributed by atoms with van der Waals surface area (Å²) in [4.78, 5) is 0. The molecule has 4 heteroatoms. The Morgan fingerprint density at radius 1 is 1.56 bits per heavy atom. The Balaban J connectivity index is 2.04. The van der Waals surface area contributed by atoms with E-state index in [2.05, 4.69) is 5.32 Å². The fourth-order valence-corrected chi connectivity index (χ4v) is 1.86. The lowest BCUT2D eigenvalue weighted by Gasteiger charge is -2.30. The van der Waals surface area contributed by atoms with Crippen LogP contribution in [0.2, 0.25) is 5.02 Å². The molecule has 0 saturated carbocycles. The fraction of sp³-hybridized carbons (Fsp3) is 0.500. The van der Waals surface area contributed by atoms with Crippen LogP contribution in [0, 0.1) is 0 Å². The Kier molecular flexibility index (Phi) is 4.18. The molecule has 1 aromatic carbocycles. The van der Waals surface area contributed by atoms with Crippen molar-refractivity contribution in [2.75, 3.05) is 26.8 Å². The van der Waals surface area contributed by atoms with Gasteiger partial charge in [0.1, 0.15) is 6.10 Å². The highest BCUT2D eigenvalue weighted by Gasteiger charge is 2.24. The van der Waals surface area contributed by atoms with Gasteiger partial charge in [0.2, 0.25) is 0 Å². The maximum atomic E-state index is 5.97. The number of halogens is 1. The zero-order valence-corrected chi connectivity index (χ0v) is 10.0. The fourth-order valence-electron chi connectivity index (χ4n) is 1.66. The Bertz CT molecular complexity index is 342. The highest BCUT2D eigenvalue weighted by atomic mass is 35.5. The summed E-state index contributed by atoms with van der Waals surface area (Å²) in [6.07, 6.45) is 0.259. The van der Waals surface area contributed by atoms with Gasteiger partial charge in [-0.05, 0) is 24.7 Å². The molecule has 88 valence electrons. The number of hydrogen-bond donors (Lipinski definition) is 1. The molecule has 16 heavy (non-hydrogen) atoms. The minimum absolute atomic E-state index is 0.0394. The number of benzene rings is 1. The van der Waals surface area contributed by atoms with Crippen LogP contribution in [-0.2, 0) is 9.47 Å². The lowest BCUT2D eigenvalue weighted by molar-refractivity contribution is -0.155. The van der Waals surface area contributed by atoms with Crippen molar-refractivity contribution in [3.63, 3.8) is 0 Å². The maximum absolute atomic E-state index is 5.97. The Morgan fingerprint density at radius 2 is 2.38 bits per heavy atom. The van der Waals surface area contributed by atoms with Crippen molar-refractivity contribution in [1.29, 1.82) is 0 Å². The molecule has 1 saturated heterocycles. The average molecular weight is 242 g/mol. The summed E-state index contributed by atoms with van der Waals surface area (Å²) in [6.45, 7) is 2.17. The van der Waals surface area contributed by atoms with E-state index in [1.54, 1.807) is 0 Å². The monoisotopic (exact) mass is 241 g/mol. The van der Waals surface area contributed by atoms with Gasteiger partial charge in [-0.1, -0.05) is 23.7 Å². The van der Waals surface area contributed by atoms with Crippen LogP contribution >= 0.6 is 11.6 Å². The Hall–Kier alpha value is -0.610. The average Bonchev–Trinajstić information content (AvgIpc) is 2.21. The molecule has 0 bridgehead atoms. The van der Waals surface area contributed by atoms with Gasteiger partial charge in [0.25, 0.3) is 0 Å². The SMILES string of the molecule is CNCC(OC1COC1)c1cccc(Cl)c1. The highest BCUT2D eigenvalue weighted by molar-refractivity contribution is 6.30. The number of nitrogens with one attached hydrogen (secondary N) is 1. The van der Waals surface area contributed by atoms with Gasteiger partial charge in [-0.3, -0.25) is 0 Å². The predicted octanol–water partition coefficient (Wildman–Crippen LogP) is 2.02. The minimum atomic E-state index is 0.0394. The maximum Gasteiger partial charge on any atom is 0.105 e. The third kappa shape index (κ3) is 2.95. The molecule has 2 rings (SSSR count). The molecule has 0 aromatic heterocycles. The zero-order valence-electron chi connectivity index (χ0n) is 9.28. The zero-order chi connectivity index (χ0) is 11.4. The van der Waals surface area contributed by atoms with E-state index in [1.807, 2.05) is 31.3 Å². The molecule has 1 unspecified atom stereocenters. The molecular weight excluding hydrogens is 226 g/mol. The molecular formula is C12H16ClNO2.